The van der Waals surface area contributed by atoms with E-state index in [0.29, 0.717) is 0 Å². The summed E-state index contributed by atoms with van der Waals surface area (Å²) in [5.74, 6) is 0. The van der Waals surface area contributed by atoms with Gasteiger partial charge in [-0.2, -0.15) is 0 Å². The molecule has 2 N–H and O–H groups in total. The number of aromatic nitrogens is 1. The van der Waals surface area contributed by atoms with Crippen LogP contribution in [0.5, 0.6) is 0 Å². The third kappa shape index (κ3) is 1.54. The van der Waals surface area contributed by atoms with E-state index in [4.69, 9.17) is 0 Å². The van der Waals surface area contributed by atoms with Crippen LogP contribution in [-0.4, -0.2) is 4.98 Å². The number of H-pyrrole nitrogens is 1. The zero-order valence-corrected chi connectivity index (χ0v) is 8.77. The summed E-state index contributed by atoms with van der Waals surface area (Å²) >= 11 is 0. The van der Waals surface area contributed by atoms with Crippen molar-refractivity contribution in [2.45, 2.75) is 0 Å². The van der Waals surface area contributed by atoms with Crippen molar-refractivity contribution < 1.29 is 0 Å². The number of para-hydroxylation sites is 2. The van der Waals surface area contributed by atoms with Crippen LogP contribution in [0, 0.1) is 0 Å². The predicted octanol–water partition coefficient (Wildman–Crippen LogP) is 3.91. The number of fused-ring (bicyclic) bond motifs is 1. The molecule has 0 spiro atoms. The summed E-state index contributed by atoms with van der Waals surface area (Å²) in [5.41, 5.74) is 3.37. The largest absolute Gasteiger partial charge is 0.359 e. The molecule has 0 fully saturated rings. The first-order valence-electron chi connectivity index (χ1n) is 5.32. The van der Waals surface area contributed by atoms with Gasteiger partial charge in [0.1, 0.15) is 0 Å². The molecule has 0 aliphatic rings. The zero-order chi connectivity index (χ0) is 10.8. The van der Waals surface area contributed by atoms with Crippen molar-refractivity contribution in [3.8, 4) is 0 Å². The maximum Gasteiger partial charge on any atom is 0.0641 e. The molecule has 2 nitrogen and oxygen atoms in total. The molecule has 0 radical (unpaired) electrons. The molecule has 0 saturated carbocycles. The highest BCUT2D eigenvalue weighted by molar-refractivity contribution is 5.93. The molecule has 0 amide bonds. The average Bonchev–Trinajstić information content (AvgIpc) is 2.74. The lowest BCUT2D eigenvalue weighted by atomic mass is 10.2. The summed E-state index contributed by atoms with van der Waals surface area (Å²) in [7, 11) is 0. The molecule has 0 aliphatic carbocycles. The molecular formula is C14H12N2. The van der Waals surface area contributed by atoms with Crippen molar-refractivity contribution in [1.29, 1.82) is 0 Å². The van der Waals surface area contributed by atoms with Crippen LogP contribution in [0.4, 0.5) is 11.4 Å². The van der Waals surface area contributed by atoms with Gasteiger partial charge in [0, 0.05) is 22.8 Å². The summed E-state index contributed by atoms with van der Waals surface area (Å²) in [5, 5.41) is 4.61. The SMILES string of the molecule is c1ccc(Nc2c[nH]c3ccccc23)cc1. The lowest BCUT2D eigenvalue weighted by molar-refractivity contribution is 1.46. The Morgan fingerprint density at radius 3 is 2.44 bits per heavy atom. The standard InChI is InChI=1S/C14H12N2/c1-2-6-11(7-3-1)16-14-10-15-13-9-5-4-8-12(13)14/h1-10,15-16H. The summed E-state index contributed by atoms with van der Waals surface area (Å²) in [4.78, 5) is 3.25. The van der Waals surface area contributed by atoms with Gasteiger partial charge in [-0.15, -0.1) is 0 Å². The van der Waals surface area contributed by atoms with Gasteiger partial charge >= 0.3 is 0 Å². The van der Waals surface area contributed by atoms with Crippen LogP contribution in [-0.2, 0) is 0 Å². The van der Waals surface area contributed by atoms with Crippen molar-refractivity contribution >= 4 is 22.3 Å². The van der Waals surface area contributed by atoms with Crippen molar-refractivity contribution in [2.75, 3.05) is 5.32 Å². The van der Waals surface area contributed by atoms with Gasteiger partial charge in [0.25, 0.3) is 0 Å². The van der Waals surface area contributed by atoms with Gasteiger partial charge in [-0.3, -0.25) is 0 Å². The van der Waals surface area contributed by atoms with E-state index < -0.39 is 0 Å². The second kappa shape index (κ2) is 3.74. The van der Waals surface area contributed by atoms with Crippen LogP contribution in [0.1, 0.15) is 0 Å². The molecule has 0 saturated heterocycles. The fourth-order valence-electron chi connectivity index (χ4n) is 1.85. The molecule has 78 valence electrons. The monoisotopic (exact) mass is 208 g/mol. The van der Waals surface area contributed by atoms with Crippen LogP contribution in [0.3, 0.4) is 0 Å². The Kier molecular flexibility index (Phi) is 2.11. The summed E-state index contributed by atoms with van der Waals surface area (Å²) < 4.78 is 0. The second-order valence-corrected chi connectivity index (χ2v) is 3.74. The zero-order valence-electron chi connectivity index (χ0n) is 8.77. The highest BCUT2D eigenvalue weighted by Crippen LogP contribution is 2.25. The molecule has 0 bridgehead atoms. The number of anilines is 2. The molecule has 2 aromatic carbocycles. The minimum absolute atomic E-state index is 1.10. The number of nitrogens with one attached hydrogen (secondary N) is 2. The first-order chi connectivity index (χ1) is 7.93. The molecule has 3 aromatic rings. The van der Waals surface area contributed by atoms with E-state index in [0.717, 1.165) is 16.9 Å². The Hall–Kier alpha value is -2.22. The van der Waals surface area contributed by atoms with Crippen LogP contribution in [0.2, 0.25) is 0 Å². The molecule has 1 heterocycles. The summed E-state index contributed by atoms with van der Waals surface area (Å²) in [6.07, 6.45) is 2.00. The van der Waals surface area contributed by atoms with E-state index in [9.17, 15) is 0 Å². The van der Waals surface area contributed by atoms with Gasteiger partial charge in [0.2, 0.25) is 0 Å². The van der Waals surface area contributed by atoms with Crippen molar-refractivity contribution in [1.82, 2.24) is 4.98 Å². The molecule has 0 unspecified atom stereocenters. The topological polar surface area (TPSA) is 27.8 Å². The first-order valence-corrected chi connectivity index (χ1v) is 5.32. The van der Waals surface area contributed by atoms with Crippen LogP contribution >= 0.6 is 0 Å². The Labute approximate surface area is 93.9 Å². The van der Waals surface area contributed by atoms with E-state index in [1.807, 2.05) is 36.5 Å². The normalized spacial score (nSPS) is 10.5. The number of rotatable bonds is 2. The maximum absolute atomic E-state index is 3.40. The van der Waals surface area contributed by atoms with E-state index >= 15 is 0 Å². The van der Waals surface area contributed by atoms with E-state index in [1.165, 1.54) is 5.39 Å². The van der Waals surface area contributed by atoms with Crippen molar-refractivity contribution in [2.24, 2.45) is 0 Å². The summed E-state index contributed by atoms with van der Waals surface area (Å²) in [6.45, 7) is 0. The van der Waals surface area contributed by atoms with Crippen LogP contribution in [0.25, 0.3) is 10.9 Å². The van der Waals surface area contributed by atoms with Crippen LogP contribution in [0.15, 0.2) is 60.8 Å². The third-order valence-corrected chi connectivity index (χ3v) is 2.64. The molecule has 1 aromatic heterocycles. The van der Waals surface area contributed by atoms with Gasteiger partial charge in [-0.25, -0.2) is 0 Å². The van der Waals surface area contributed by atoms with Gasteiger partial charge in [-0.1, -0.05) is 36.4 Å². The van der Waals surface area contributed by atoms with E-state index in [1.54, 1.807) is 0 Å². The Morgan fingerprint density at radius 2 is 1.56 bits per heavy atom. The highest BCUT2D eigenvalue weighted by atomic mass is 14.9. The molecular weight excluding hydrogens is 196 g/mol. The van der Waals surface area contributed by atoms with Crippen molar-refractivity contribution in [3.05, 3.63) is 60.8 Å². The molecule has 2 heteroatoms. The molecule has 3 rings (SSSR count). The molecule has 16 heavy (non-hydrogen) atoms. The Balaban J connectivity index is 2.01. The number of aromatic amines is 1. The first kappa shape index (κ1) is 9.04. The number of hydrogen-bond donors (Lipinski definition) is 2. The fourth-order valence-corrected chi connectivity index (χ4v) is 1.85. The predicted molar refractivity (Wildman–Crippen MR) is 68.0 cm³/mol. The van der Waals surface area contributed by atoms with Gasteiger partial charge in [0.05, 0.1) is 5.69 Å². The van der Waals surface area contributed by atoms with Crippen LogP contribution < -0.4 is 5.32 Å². The Bertz CT molecular complexity index is 596. The maximum atomic E-state index is 3.40. The number of benzene rings is 2. The minimum atomic E-state index is 1.10. The van der Waals surface area contributed by atoms with E-state index in [-0.39, 0.29) is 0 Å². The summed E-state index contributed by atoms with van der Waals surface area (Å²) in [6, 6.07) is 18.4. The van der Waals surface area contributed by atoms with E-state index in [2.05, 4.69) is 34.6 Å². The molecule has 0 atom stereocenters. The second-order valence-electron chi connectivity index (χ2n) is 3.74. The highest BCUT2D eigenvalue weighted by Gasteiger charge is 2.01. The lowest BCUT2D eigenvalue weighted by Crippen LogP contribution is -1.87. The van der Waals surface area contributed by atoms with Gasteiger partial charge < -0.3 is 10.3 Å². The molecule has 0 aliphatic heterocycles. The quantitative estimate of drug-likeness (QED) is 0.656. The number of hydrogen-bond acceptors (Lipinski definition) is 1. The smallest absolute Gasteiger partial charge is 0.0641 e. The minimum Gasteiger partial charge on any atom is -0.359 e. The van der Waals surface area contributed by atoms with Gasteiger partial charge in [0.15, 0.2) is 0 Å². The third-order valence-electron chi connectivity index (χ3n) is 2.64. The fraction of sp³-hybridized carbons (Fsp3) is 0. The lowest BCUT2D eigenvalue weighted by Gasteiger charge is -2.03. The average molecular weight is 208 g/mol. The van der Waals surface area contributed by atoms with Crippen molar-refractivity contribution in [3.63, 3.8) is 0 Å². The Morgan fingerprint density at radius 1 is 0.812 bits per heavy atom. The van der Waals surface area contributed by atoms with Gasteiger partial charge in [-0.05, 0) is 18.2 Å².